The average Bonchev–Trinajstić information content (AvgIpc) is 2.17. The van der Waals surface area contributed by atoms with Crippen molar-refractivity contribution in [1.29, 1.82) is 0 Å². The van der Waals surface area contributed by atoms with E-state index in [0.717, 1.165) is 13.1 Å². The topological polar surface area (TPSA) is 84.2 Å². The Labute approximate surface area is 91.9 Å². The fourth-order valence-electron chi connectivity index (χ4n) is 1.77. The Kier molecular flexibility index (Phi) is 5.52. The Balaban J connectivity index is 1.96. The smallest absolute Gasteiger partial charge is 0.209 e. The summed E-state index contributed by atoms with van der Waals surface area (Å²) in [5, 5.41) is 11.6. The molecule has 15 heavy (non-hydrogen) atoms. The van der Waals surface area contributed by atoms with E-state index in [4.69, 9.17) is 5.14 Å². The van der Waals surface area contributed by atoms with Gasteiger partial charge in [0.05, 0.1) is 5.75 Å². The molecule has 6 heteroatoms. The van der Waals surface area contributed by atoms with Crippen LogP contribution in [0, 0.1) is 0 Å². The second kappa shape index (κ2) is 6.42. The van der Waals surface area contributed by atoms with E-state index < -0.39 is 10.0 Å². The van der Waals surface area contributed by atoms with Crippen LogP contribution in [-0.4, -0.2) is 39.8 Å². The number of primary sulfonamides is 1. The van der Waals surface area contributed by atoms with Gasteiger partial charge in [0.15, 0.2) is 0 Å². The normalized spacial score (nSPS) is 22.9. The predicted octanol–water partition coefficient (Wildman–Crippen LogP) is -0.603. The van der Waals surface area contributed by atoms with Crippen LogP contribution in [0.5, 0.6) is 0 Å². The first-order chi connectivity index (χ1) is 7.08. The van der Waals surface area contributed by atoms with E-state index in [2.05, 4.69) is 10.6 Å². The molecule has 1 atom stereocenters. The quantitative estimate of drug-likeness (QED) is 0.537. The lowest BCUT2D eigenvalue weighted by molar-refractivity contribution is 0.384. The maximum absolute atomic E-state index is 10.6. The highest BCUT2D eigenvalue weighted by Crippen LogP contribution is 2.05. The highest BCUT2D eigenvalue weighted by molar-refractivity contribution is 7.89. The summed E-state index contributed by atoms with van der Waals surface area (Å²) >= 11 is 0. The molecule has 1 rings (SSSR count). The van der Waals surface area contributed by atoms with Gasteiger partial charge in [-0.25, -0.2) is 13.6 Å². The lowest BCUT2D eigenvalue weighted by atomic mass is 10.1. The summed E-state index contributed by atoms with van der Waals surface area (Å²) in [6, 6.07) is 0.549. The van der Waals surface area contributed by atoms with E-state index in [-0.39, 0.29) is 5.75 Å². The molecular formula is C9H21N3O2S. The molecule has 0 saturated carbocycles. The van der Waals surface area contributed by atoms with Gasteiger partial charge in [0.25, 0.3) is 0 Å². The number of nitrogens with two attached hydrogens (primary N) is 1. The number of hydrogen-bond acceptors (Lipinski definition) is 4. The molecule has 1 fully saturated rings. The molecule has 0 bridgehead atoms. The van der Waals surface area contributed by atoms with Crippen molar-refractivity contribution in [2.24, 2.45) is 5.14 Å². The minimum Gasteiger partial charge on any atom is -0.315 e. The molecule has 5 nitrogen and oxygen atoms in total. The Hall–Kier alpha value is -0.170. The van der Waals surface area contributed by atoms with Crippen LogP contribution >= 0.6 is 0 Å². The zero-order valence-corrected chi connectivity index (χ0v) is 9.85. The third-order valence-electron chi connectivity index (χ3n) is 2.59. The summed E-state index contributed by atoms with van der Waals surface area (Å²) in [5.74, 6) is 0.0676. The molecule has 1 aliphatic rings. The van der Waals surface area contributed by atoms with Crippen LogP contribution < -0.4 is 15.8 Å². The summed E-state index contributed by atoms with van der Waals surface area (Å²) in [7, 11) is -3.29. The van der Waals surface area contributed by atoms with E-state index in [1.165, 1.54) is 19.3 Å². The van der Waals surface area contributed by atoms with Crippen molar-refractivity contribution in [3.05, 3.63) is 0 Å². The molecule has 0 radical (unpaired) electrons. The van der Waals surface area contributed by atoms with Gasteiger partial charge in [-0.3, -0.25) is 0 Å². The number of nitrogens with one attached hydrogen (secondary N) is 2. The maximum Gasteiger partial charge on any atom is 0.209 e. The van der Waals surface area contributed by atoms with Gasteiger partial charge in [-0.05, 0) is 32.4 Å². The molecule has 0 aromatic heterocycles. The monoisotopic (exact) mass is 235 g/mol. The second-order valence-corrected chi connectivity index (χ2v) is 5.81. The lowest BCUT2D eigenvalue weighted by Crippen LogP contribution is -2.42. The molecule has 4 N–H and O–H groups in total. The number of rotatable bonds is 6. The summed E-state index contributed by atoms with van der Waals surface area (Å²) < 4.78 is 21.3. The molecule has 1 unspecified atom stereocenters. The molecule has 1 aliphatic heterocycles. The molecule has 0 aliphatic carbocycles. The Bertz CT molecular complexity index is 261. The summed E-state index contributed by atoms with van der Waals surface area (Å²) in [5.41, 5.74) is 0. The van der Waals surface area contributed by atoms with E-state index >= 15 is 0 Å². The summed E-state index contributed by atoms with van der Waals surface area (Å²) in [6.45, 7) is 2.74. The molecule has 0 spiro atoms. The Morgan fingerprint density at radius 1 is 1.40 bits per heavy atom. The predicted molar refractivity (Wildman–Crippen MR) is 61.1 cm³/mol. The maximum atomic E-state index is 10.6. The first-order valence-electron chi connectivity index (χ1n) is 5.52. The largest absolute Gasteiger partial charge is 0.315 e. The van der Waals surface area contributed by atoms with E-state index in [0.29, 0.717) is 19.0 Å². The standard InChI is InChI=1S/C9H21N3O2S/c10-15(13,14)7-3-5-11-8-9-4-1-2-6-12-9/h9,11-12H,1-8H2,(H2,10,13,14). The fourth-order valence-corrected chi connectivity index (χ4v) is 2.32. The van der Waals surface area contributed by atoms with Crippen molar-refractivity contribution >= 4 is 10.0 Å². The molecule has 0 aromatic rings. The zero-order chi connectivity index (χ0) is 11.1. The highest BCUT2D eigenvalue weighted by Gasteiger charge is 2.11. The Morgan fingerprint density at radius 3 is 2.80 bits per heavy atom. The SMILES string of the molecule is NS(=O)(=O)CCCNCC1CCCCN1. The van der Waals surface area contributed by atoms with Crippen LogP contribution in [0.1, 0.15) is 25.7 Å². The van der Waals surface area contributed by atoms with Crippen LogP contribution in [0.25, 0.3) is 0 Å². The molecule has 90 valence electrons. The van der Waals surface area contributed by atoms with Crippen LogP contribution in [0.4, 0.5) is 0 Å². The molecule has 0 amide bonds. The van der Waals surface area contributed by atoms with E-state index in [9.17, 15) is 8.42 Å². The molecular weight excluding hydrogens is 214 g/mol. The first-order valence-corrected chi connectivity index (χ1v) is 7.24. The number of hydrogen-bond donors (Lipinski definition) is 3. The van der Waals surface area contributed by atoms with Crippen molar-refractivity contribution in [1.82, 2.24) is 10.6 Å². The van der Waals surface area contributed by atoms with Gasteiger partial charge < -0.3 is 10.6 Å². The van der Waals surface area contributed by atoms with Gasteiger partial charge in [0.1, 0.15) is 0 Å². The third kappa shape index (κ3) is 6.83. The first kappa shape index (κ1) is 12.9. The number of piperidine rings is 1. The average molecular weight is 235 g/mol. The molecule has 1 heterocycles. The van der Waals surface area contributed by atoms with E-state index in [1.807, 2.05) is 0 Å². The summed E-state index contributed by atoms with van der Waals surface area (Å²) in [4.78, 5) is 0. The second-order valence-electron chi connectivity index (χ2n) is 4.07. The van der Waals surface area contributed by atoms with Crippen LogP contribution in [0.2, 0.25) is 0 Å². The van der Waals surface area contributed by atoms with Gasteiger partial charge >= 0.3 is 0 Å². The molecule has 0 aromatic carbocycles. The van der Waals surface area contributed by atoms with Gasteiger partial charge in [0, 0.05) is 12.6 Å². The summed E-state index contributed by atoms with van der Waals surface area (Å²) in [6.07, 6.45) is 4.35. The Morgan fingerprint density at radius 2 is 2.20 bits per heavy atom. The number of sulfonamides is 1. The van der Waals surface area contributed by atoms with Crippen molar-refractivity contribution < 1.29 is 8.42 Å². The van der Waals surface area contributed by atoms with Crippen molar-refractivity contribution in [2.45, 2.75) is 31.7 Å². The van der Waals surface area contributed by atoms with Gasteiger partial charge in [-0.15, -0.1) is 0 Å². The molecule has 1 saturated heterocycles. The zero-order valence-electron chi connectivity index (χ0n) is 9.04. The minimum absolute atomic E-state index is 0.0676. The van der Waals surface area contributed by atoms with Gasteiger partial charge in [-0.1, -0.05) is 6.42 Å². The third-order valence-corrected chi connectivity index (χ3v) is 3.44. The van der Waals surface area contributed by atoms with Crippen LogP contribution in [0.3, 0.4) is 0 Å². The van der Waals surface area contributed by atoms with Crippen LogP contribution in [0.15, 0.2) is 0 Å². The lowest BCUT2D eigenvalue weighted by Gasteiger charge is -2.23. The van der Waals surface area contributed by atoms with E-state index in [1.54, 1.807) is 0 Å². The van der Waals surface area contributed by atoms with Crippen molar-refractivity contribution in [3.63, 3.8) is 0 Å². The van der Waals surface area contributed by atoms with Crippen molar-refractivity contribution in [3.8, 4) is 0 Å². The van der Waals surface area contributed by atoms with Gasteiger partial charge in [-0.2, -0.15) is 0 Å². The fraction of sp³-hybridized carbons (Fsp3) is 1.00. The highest BCUT2D eigenvalue weighted by atomic mass is 32.2. The van der Waals surface area contributed by atoms with Crippen molar-refractivity contribution in [2.75, 3.05) is 25.4 Å². The van der Waals surface area contributed by atoms with Gasteiger partial charge in [0.2, 0.25) is 10.0 Å². The van der Waals surface area contributed by atoms with Crippen LogP contribution in [-0.2, 0) is 10.0 Å². The minimum atomic E-state index is -3.29.